The van der Waals surface area contributed by atoms with Crippen molar-refractivity contribution in [2.24, 2.45) is 0 Å². The molecule has 3 nitrogen and oxygen atoms in total. The molecule has 25 heavy (non-hydrogen) atoms. The Balaban J connectivity index is 1.47. The second-order valence-electron chi connectivity index (χ2n) is 6.26. The number of pyridine rings is 1. The van der Waals surface area contributed by atoms with Gasteiger partial charge in [-0.15, -0.1) is 0 Å². The first-order chi connectivity index (χ1) is 12.2. The van der Waals surface area contributed by atoms with E-state index >= 15 is 0 Å². The van der Waals surface area contributed by atoms with E-state index in [-0.39, 0.29) is 11.8 Å². The molecule has 3 aromatic rings. The van der Waals surface area contributed by atoms with Crippen LogP contribution in [0.4, 0.5) is 5.69 Å². The van der Waals surface area contributed by atoms with Crippen LogP contribution in [-0.4, -0.2) is 5.78 Å². The first kappa shape index (κ1) is 15.9. The van der Waals surface area contributed by atoms with Crippen molar-refractivity contribution in [2.75, 3.05) is 5.32 Å². The van der Waals surface area contributed by atoms with E-state index in [1.54, 1.807) is 6.07 Å². The second kappa shape index (κ2) is 6.69. The molecule has 0 amide bonds. The predicted octanol–water partition coefficient (Wildman–Crippen LogP) is 4.22. The quantitative estimate of drug-likeness (QED) is 0.715. The molecule has 124 valence electrons. The minimum Gasteiger partial charge on any atom is -0.381 e. The van der Waals surface area contributed by atoms with E-state index in [1.807, 2.05) is 59.4 Å². The molecular formula is C21H18ClN2O+. The summed E-state index contributed by atoms with van der Waals surface area (Å²) in [5, 5.41) is 4.08. The number of hydrogen-bond donors (Lipinski definition) is 1. The number of nitrogens with zero attached hydrogens (tertiary/aromatic N) is 1. The van der Waals surface area contributed by atoms with Crippen LogP contribution in [0.5, 0.6) is 0 Å². The zero-order chi connectivity index (χ0) is 17.2. The summed E-state index contributed by atoms with van der Waals surface area (Å²) in [6, 6.07) is 19.6. The van der Waals surface area contributed by atoms with E-state index in [4.69, 9.17) is 11.6 Å². The molecule has 1 heterocycles. The largest absolute Gasteiger partial charge is 0.381 e. The van der Waals surface area contributed by atoms with E-state index < -0.39 is 0 Å². The molecule has 1 aromatic heterocycles. The normalized spacial score (nSPS) is 15.9. The van der Waals surface area contributed by atoms with Gasteiger partial charge >= 0.3 is 0 Å². The Kier molecular flexibility index (Phi) is 4.24. The number of aromatic nitrogens is 1. The van der Waals surface area contributed by atoms with Crippen molar-refractivity contribution in [2.45, 2.75) is 19.0 Å². The van der Waals surface area contributed by atoms with Crippen LogP contribution in [0.15, 0.2) is 73.1 Å². The number of halogens is 1. The van der Waals surface area contributed by atoms with E-state index in [1.165, 1.54) is 5.56 Å². The van der Waals surface area contributed by atoms with Gasteiger partial charge in [-0.05, 0) is 29.3 Å². The molecule has 0 saturated heterocycles. The van der Waals surface area contributed by atoms with Crippen LogP contribution in [0, 0.1) is 0 Å². The van der Waals surface area contributed by atoms with Gasteiger partial charge < -0.3 is 5.32 Å². The van der Waals surface area contributed by atoms with Crippen molar-refractivity contribution in [3.05, 3.63) is 94.8 Å². The maximum absolute atomic E-state index is 12.6. The average molecular weight is 350 g/mol. The van der Waals surface area contributed by atoms with Crippen LogP contribution in [0.25, 0.3) is 0 Å². The monoisotopic (exact) mass is 349 g/mol. The number of rotatable bonds is 4. The molecule has 1 N–H and O–H groups in total. The van der Waals surface area contributed by atoms with Gasteiger partial charge in [0.1, 0.15) is 0 Å². The number of ketones is 1. The number of benzene rings is 2. The molecule has 0 fully saturated rings. The van der Waals surface area contributed by atoms with E-state index in [2.05, 4.69) is 17.4 Å². The highest BCUT2D eigenvalue weighted by atomic mass is 35.5. The topological polar surface area (TPSA) is 33.0 Å². The smallest absolute Gasteiger partial charge is 0.231 e. The molecule has 2 aromatic carbocycles. The van der Waals surface area contributed by atoms with E-state index in [0.29, 0.717) is 11.4 Å². The Labute approximate surface area is 151 Å². The van der Waals surface area contributed by atoms with Gasteiger partial charge in [0.05, 0.1) is 0 Å². The molecule has 0 spiro atoms. The van der Waals surface area contributed by atoms with Gasteiger partial charge in [0.2, 0.25) is 11.8 Å². The van der Waals surface area contributed by atoms with Gasteiger partial charge in [-0.25, -0.2) is 0 Å². The number of carbonyl (C=O) groups excluding carboxylic acids is 1. The summed E-state index contributed by atoms with van der Waals surface area (Å²) in [6.07, 6.45) is 4.61. The fourth-order valence-electron chi connectivity index (χ4n) is 3.26. The molecule has 1 unspecified atom stereocenters. The van der Waals surface area contributed by atoms with Crippen LogP contribution >= 0.6 is 11.6 Å². The third-order valence-electron chi connectivity index (χ3n) is 4.60. The first-order valence-electron chi connectivity index (χ1n) is 8.32. The highest BCUT2D eigenvalue weighted by Gasteiger charge is 2.37. The van der Waals surface area contributed by atoms with Crippen molar-refractivity contribution in [3.63, 3.8) is 0 Å². The fourth-order valence-corrected chi connectivity index (χ4v) is 3.45. The van der Waals surface area contributed by atoms with Gasteiger partial charge in [-0.1, -0.05) is 41.9 Å². The third kappa shape index (κ3) is 3.28. The Hall–Kier alpha value is -2.65. The highest BCUT2D eigenvalue weighted by Crippen LogP contribution is 2.29. The lowest BCUT2D eigenvalue weighted by Crippen LogP contribution is -2.42. The Morgan fingerprint density at radius 3 is 2.56 bits per heavy atom. The molecule has 0 saturated carbocycles. The molecule has 0 radical (unpaired) electrons. The van der Waals surface area contributed by atoms with Crippen molar-refractivity contribution in [1.82, 2.24) is 0 Å². The molecule has 1 aliphatic carbocycles. The number of fused-ring (bicyclic) bond motifs is 1. The molecule has 0 aliphatic heterocycles. The molecule has 0 bridgehead atoms. The lowest BCUT2D eigenvalue weighted by molar-refractivity contribution is -0.706. The summed E-state index contributed by atoms with van der Waals surface area (Å²) in [5.41, 5.74) is 4.08. The lowest BCUT2D eigenvalue weighted by Gasteiger charge is -2.07. The standard InChI is InChI=1S/C21H17ClN2O/c22-17-6-7-19-16(12-17)13-20(21(19)25)24-10-8-18(9-11-24)23-14-15-4-2-1-3-5-15/h1-12,20H,13-14H2/p+1. The summed E-state index contributed by atoms with van der Waals surface area (Å²) in [7, 11) is 0. The summed E-state index contributed by atoms with van der Waals surface area (Å²) in [5.74, 6) is 0.154. The molecular weight excluding hydrogens is 332 g/mol. The summed E-state index contributed by atoms with van der Waals surface area (Å²) in [4.78, 5) is 12.6. The molecule has 4 heteroatoms. The lowest BCUT2D eigenvalue weighted by atomic mass is 10.1. The van der Waals surface area contributed by atoms with Crippen LogP contribution in [0.1, 0.15) is 27.5 Å². The van der Waals surface area contributed by atoms with Crippen molar-refractivity contribution < 1.29 is 9.36 Å². The zero-order valence-corrected chi connectivity index (χ0v) is 14.4. The minimum atomic E-state index is -0.184. The number of Topliss-reactive ketones (excluding diaryl/α,β-unsaturated/α-hetero) is 1. The summed E-state index contributed by atoms with van der Waals surface area (Å²) < 4.78 is 1.98. The Bertz CT molecular complexity index is 907. The predicted molar refractivity (Wildman–Crippen MR) is 98.9 cm³/mol. The summed E-state index contributed by atoms with van der Waals surface area (Å²) >= 11 is 6.04. The second-order valence-corrected chi connectivity index (χ2v) is 6.70. The highest BCUT2D eigenvalue weighted by molar-refractivity contribution is 6.30. The average Bonchev–Trinajstić information content (AvgIpc) is 2.97. The Morgan fingerprint density at radius 2 is 1.80 bits per heavy atom. The van der Waals surface area contributed by atoms with Gasteiger partial charge in [0.25, 0.3) is 0 Å². The number of nitrogens with one attached hydrogen (secondary N) is 1. The molecule has 1 atom stereocenters. The van der Waals surface area contributed by atoms with Gasteiger partial charge in [0, 0.05) is 41.4 Å². The number of carbonyl (C=O) groups is 1. The Morgan fingerprint density at radius 1 is 1.04 bits per heavy atom. The van der Waals surface area contributed by atoms with Crippen LogP contribution in [0.2, 0.25) is 5.02 Å². The maximum Gasteiger partial charge on any atom is 0.231 e. The van der Waals surface area contributed by atoms with E-state index in [0.717, 1.165) is 23.4 Å². The van der Waals surface area contributed by atoms with Crippen LogP contribution in [-0.2, 0) is 13.0 Å². The van der Waals surface area contributed by atoms with Gasteiger partial charge in [-0.2, -0.15) is 4.57 Å². The number of anilines is 1. The third-order valence-corrected chi connectivity index (χ3v) is 4.84. The fraction of sp³-hybridized carbons (Fsp3) is 0.143. The van der Waals surface area contributed by atoms with Crippen molar-refractivity contribution in [1.29, 1.82) is 0 Å². The maximum atomic E-state index is 12.6. The molecule has 4 rings (SSSR count). The summed E-state index contributed by atoms with van der Waals surface area (Å²) in [6.45, 7) is 0.775. The van der Waals surface area contributed by atoms with Crippen molar-refractivity contribution in [3.8, 4) is 0 Å². The zero-order valence-electron chi connectivity index (χ0n) is 13.7. The number of hydrogen-bond acceptors (Lipinski definition) is 2. The van der Waals surface area contributed by atoms with Gasteiger partial charge in [-0.3, -0.25) is 4.79 Å². The van der Waals surface area contributed by atoms with Crippen LogP contribution in [0.3, 0.4) is 0 Å². The van der Waals surface area contributed by atoms with Crippen LogP contribution < -0.4 is 9.88 Å². The molecule has 1 aliphatic rings. The SMILES string of the molecule is O=C1c2ccc(Cl)cc2CC1[n+]1ccc(NCc2ccccc2)cc1. The van der Waals surface area contributed by atoms with Crippen molar-refractivity contribution >= 4 is 23.1 Å². The van der Waals surface area contributed by atoms with E-state index in [9.17, 15) is 4.79 Å². The first-order valence-corrected chi connectivity index (χ1v) is 8.70. The minimum absolute atomic E-state index is 0.154. The van der Waals surface area contributed by atoms with Gasteiger partial charge in [0.15, 0.2) is 12.4 Å².